The van der Waals surface area contributed by atoms with E-state index < -0.39 is 0 Å². The van der Waals surface area contributed by atoms with Crippen LogP contribution in [-0.4, -0.2) is 13.2 Å². The summed E-state index contributed by atoms with van der Waals surface area (Å²) in [5.41, 5.74) is 7.61. The molecule has 0 aliphatic heterocycles. The Hall–Kier alpha value is -0.380. The van der Waals surface area contributed by atoms with E-state index in [1.54, 1.807) is 4.88 Å². The maximum absolute atomic E-state index is 6.08. The van der Waals surface area contributed by atoms with Crippen molar-refractivity contribution in [2.75, 3.05) is 13.2 Å². The number of hydrogen-bond donors (Lipinski definition) is 1. The van der Waals surface area contributed by atoms with Gasteiger partial charge in [-0.05, 0) is 44.2 Å². The van der Waals surface area contributed by atoms with Gasteiger partial charge in [-0.3, -0.25) is 0 Å². The predicted octanol–water partition coefficient (Wildman–Crippen LogP) is 2.66. The van der Waals surface area contributed by atoms with Gasteiger partial charge in [0.15, 0.2) is 0 Å². The number of fused-ring (bicyclic) bond motifs is 1. The van der Waals surface area contributed by atoms with Crippen molar-refractivity contribution in [1.82, 2.24) is 0 Å². The Morgan fingerprint density at radius 3 is 3.00 bits per heavy atom. The van der Waals surface area contributed by atoms with Gasteiger partial charge in [0.2, 0.25) is 0 Å². The molecule has 0 amide bonds. The van der Waals surface area contributed by atoms with E-state index in [1.807, 2.05) is 18.3 Å². The molecule has 0 aromatic carbocycles. The molecule has 1 unspecified atom stereocenters. The molecule has 15 heavy (non-hydrogen) atoms. The lowest BCUT2D eigenvalue weighted by molar-refractivity contribution is 0.134. The van der Waals surface area contributed by atoms with Gasteiger partial charge in [-0.25, -0.2) is 0 Å². The number of aryl methyl sites for hydroxylation is 2. The molecular weight excluding hydrogens is 206 g/mol. The molecule has 0 bridgehead atoms. The molecule has 2 nitrogen and oxygen atoms in total. The molecule has 1 aromatic heterocycles. The van der Waals surface area contributed by atoms with Gasteiger partial charge in [-0.15, -0.1) is 11.3 Å². The second-order valence-electron chi connectivity index (χ2n) is 4.07. The summed E-state index contributed by atoms with van der Waals surface area (Å²) in [6.45, 7) is 3.40. The van der Waals surface area contributed by atoms with Crippen LogP contribution in [0.2, 0.25) is 0 Å². The summed E-state index contributed by atoms with van der Waals surface area (Å²) >= 11 is 1.89. The van der Waals surface area contributed by atoms with Crippen LogP contribution in [0.3, 0.4) is 0 Å². The van der Waals surface area contributed by atoms with Crippen LogP contribution >= 0.6 is 11.3 Å². The number of hydrogen-bond acceptors (Lipinski definition) is 3. The van der Waals surface area contributed by atoms with Crippen LogP contribution in [0, 0.1) is 0 Å². The molecule has 1 aliphatic rings. The zero-order chi connectivity index (χ0) is 10.7. The SMILES string of the molecule is CCOCC(N)c1cc2c(s1)CCCC2. The topological polar surface area (TPSA) is 35.2 Å². The van der Waals surface area contributed by atoms with Crippen molar-refractivity contribution >= 4 is 11.3 Å². The standard InChI is InChI=1S/C12H19NOS/c1-2-14-8-10(13)12-7-9-5-3-4-6-11(9)15-12/h7,10H,2-6,8,13H2,1H3. The van der Waals surface area contributed by atoms with Crippen LogP contribution in [0.5, 0.6) is 0 Å². The zero-order valence-electron chi connectivity index (χ0n) is 9.29. The number of thiophene rings is 1. The number of rotatable bonds is 4. The van der Waals surface area contributed by atoms with Crippen molar-refractivity contribution in [3.05, 3.63) is 21.4 Å². The molecule has 1 atom stereocenters. The molecule has 1 aromatic rings. The maximum Gasteiger partial charge on any atom is 0.0667 e. The Labute approximate surface area is 95.4 Å². The van der Waals surface area contributed by atoms with Crippen molar-refractivity contribution < 1.29 is 4.74 Å². The molecule has 0 saturated carbocycles. The van der Waals surface area contributed by atoms with Crippen LogP contribution in [0.4, 0.5) is 0 Å². The van der Waals surface area contributed by atoms with Crippen molar-refractivity contribution in [3.8, 4) is 0 Å². The van der Waals surface area contributed by atoms with Crippen LogP contribution < -0.4 is 5.73 Å². The van der Waals surface area contributed by atoms with Gasteiger partial charge < -0.3 is 10.5 Å². The highest BCUT2D eigenvalue weighted by Crippen LogP contribution is 2.32. The van der Waals surface area contributed by atoms with Crippen LogP contribution in [0.15, 0.2) is 6.07 Å². The molecule has 2 rings (SSSR count). The largest absolute Gasteiger partial charge is 0.380 e. The Bertz CT molecular complexity index is 298. The van der Waals surface area contributed by atoms with E-state index in [-0.39, 0.29) is 6.04 Å². The second-order valence-corrected chi connectivity index (χ2v) is 5.24. The summed E-state index contributed by atoms with van der Waals surface area (Å²) < 4.78 is 5.36. The fraction of sp³-hybridized carbons (Fsp3) is 0.667. The van der Waals surface area contributed by atoms with Gasteiger partial charge in [-0.1, -0.05) is 0 Å². The van der Waals surface area contributed by atoms with E-state index in [1.165, 1.54) is 36.1 Å². The Morgan fingerprint density at radius 1 is 1.47 bits per heavy atom. The molecule has 0 saturated heterocycles. The first-order chi connectivity index (χ1) is 7.31. The monoisotopic (exact) mass is 225 g/mol. The summed E-state index contributed by atoms with van der Waals surface area (Å²) in [5.74, 6) is 0. The van der Waals surface area contributed by atoms with Gasteiger partial charge in [0.05, 0.1) is 12.6 Å². The van der Waals surface area contributed by atoms with Crippen LogP contribution in [-0.2, 0) is 17.6 Å². The summed E-state index contributed by atoms with van der Waals surface area (Å²) in [7, 11) is 0. The quantitative estimate of drug-likeness (QED) is 0.855. The lowest BCUT2D eigenvalue weighted by Gasteiger charge is -2.08. The van der Waals surface area contributed by atoms with Crippen molar-refractivity contribution in [2.24, 2.45) is 5.73 Å². The zero-order valence-corrected chi connectivity index (χ0v) is 10.1. The molecule has 84 valence electrons. The van der Waals surface area contributed by atoms with Gasteiger partial charge >= 0.3 is 0 Å². The predicted molar refractivity (Wildman–Crippen MR) is 64.4 cm³/mol. The fourth-order valence-electron chi connectivity index (χ4n) is 2.02. The highest BCUT2D eigenvalue weighted by Gasteiger charge is 2.16. The van der Waals surface area contributed by atoms with Crippen molar-refractivity contribution in [3.63, 3.8) is 0 Å². The first-order valence-electron chi connectivity index (χ1n) is 5.76. The Balaban J connectivity index is 2.05. The Morgan fingerprint density at radius 2 is 2.27 bits per heavy atom. The first-order valence-corrected chi connectivity index (χ1v) is 6.57. The van der Waals surface area contributed by atoms with Gasteiger partial charge in [0, 0.05) is 16.4 Å². The molecule has 2 N–H and O–H groups in total. The lowest BCUT2D eigenvalue weighted by atomic mass is 9.99. The highest BCUT2D eigenvalue weighted by atomic mass is 32.1. The minimum absolute atomic E-state index is 0.0700. The second kappa shape index (κ2) is 5.10. The van der Waals surface area contributed by atoms with E-state index in [9.17, 15) is 0 Å². The average Bonchev–Trinajstić information content (AvgIpc) is 2.69. The molecule has 0 spiro atoms. The van der Waals surface area contributed by atoms with E-state index >= 15 is 0 Å². The molecule has 1 heterocycles. The summed E-state index contributed by atoms with van der Waals surface area (Å²) in [5, 5.41) is 0. The third-order valence-electron chi connectivity index (χ3n) is 2.88. The minimum atomic E-state index is 0.0700. The molecule has 3 heteroatoms. The first kappa shape index (κ1) is 11.1. The Kier molecular flexibility index (Phi) is 3.78. The van der Waals surface area contributed by atoms with E-state index in [4.69, 9.17) is 10.5 Å². The maximum atomic E-state index is 6.08. The van der Waals surface area contributed by atoms with Gasteiger partial charge in [-0.2, -0.15) is 0 Å². The average molecular weight is 225 g/mol. The molecule has 0 fully saturated rings. The highest BCUT2D eigenvalue weighted by molar-refractivity contribution is 7.12. The normalized spacial score (nSPS) is 17.5. The third kappa shape index (κ3) is 2.60. The van der Waals surface area contributed by atoms with Crippen molar-refractivity contribution in [2.45, 2.75) is 38.6 Å². The number of ether oxygens (including phenoxy) is 1. The van der Waals surface area contributed by atoms with Gasteiger partial charge in [0.1, 0.15) is 0 Å². The van der Waals surface area contributed by atoms with Crippen molar-refractivity contribution in [1.29, 1.82) is 0 Å². The van der Waals surface area contributed by atoms with E-state index in [0.29, 0.717) is 6.61 Å². The molecular formula is C12H19NOS. The van der Waals surface area contributed by atoms with Crippen LogP contribution in [0.1, 0.15) is 41.1 Å². The fourth-order valence-corrected chi connectivity index (χ4v) is 3.27. The molecule has 1 aliphatic carbocycles. The van der Waals surface area contributed by atoms with E-state index in [2.05, 4.69) is 6.07 Å². The summed E-state index contributed by atoms with van der Waals surface area (Å²) in [6.07, 6.45) is 5.17. The van der Waals surface area contributed by atoms with E-state index in [0.717, 1.165) is 6.61 Å². The molecule has 0 radical (unpaired) electrons. The lowest BCUT2D eigenvalue weighted by Crippen LogP contribution is -2.15. The third-order valence-corrected chi connectivity index (χ3v) is 4.25. The summed E-state index contributed by atoms with van der Waals surface area (Å²) in [6, 6.07) is 2.36. The smallest absolute Gasteiger partial charge is 0.0667 e. The minimum Gasteiger partial charge on any atom is -0.380 e. The van der Waals surface area contributed by atoms with Gasteiger partial charge in [0.25, 0.3) is 0 Å². The summed E-state index contributed by atoms with van der Waals surface area (Å²) in [4.78, 5) is 2.86. The van der Waals surface area contributed by atoms with Crippen LogP contribution in [0.25, 0.3) is 0 Å². The number of nitrogens with two attached hydrogens (primary N) is 1.